The van der Waals surface area contributed by atoms with Crippen molar-refractivity contribution in [3.63, 3.8) is 0 Å². The molecule has 0 radical (unpaired) electrons. The van der Waals surface area contributed by atoms with Crippen LogP contribution in [0.2, 0.25) is 0 Å². The first-order valence-corrected chi connectivity index (χ1v) is 10.4. The van der Waals surface area contributed by atoms with Crippen molar-refractivity contribution in [1.29, 1.82) is 0 Å². The average Bonchev–Trinajstić information content (AvgIpc) is 3.38. The smallest absolute Gasteiger partial charge is 0.184 e. The third kappa shape index (κ3) is 4.31. The zero-order valence-corrected chi connectivity index (χ0v) is 17.0. The van der Waals surface area contributed by atoms with E-state index >= 15 is 0 Å². The first-order valence-electron chi connectivity index (χ1n) is 10.4. The molecule has 0 bridgehead atoms. The van der Waals surface area contributed by atoms with Crippen molar-refractivity contribution in [2.24, 2.45) is 11.8 Å². The normalized spacial score (nSPS) is 19.7. The molecule has 2 heterocycles. The number of hydrogen-bond acceptors (Lipinski definition) is 5. The largest absolute Gasteiger partial charge is 0.364 e. The number of fused-ring (bicyclic) bond motifs is 1. The highest BCUT2D eigenvalue weighted by molar-refractivity contribution is 5.94. The fraction of sp³-hybridized carbons (Fsp3) is 0.478. The summed E-state index contributed by atoms with van der Waals surface area (Å²) < 4.78 is 6.75. The molecule has 0 atom stereocenters. The Hall–Kier alpha value is -2.76. The van der Waals surface area contributed by atoms with Crippen molar-refractivity contribution in [2.45, 2.75) is 58.4 Å². The standard InChI is InChI=1S/C23H27N3O3/c1-15(2)26-21-8-5-17(11-19(21)14-24-26)13-22(27)18-6-3-16(4-7-18)12-23(28)20-9-10-29-25-20/h5,8-11,14-16,18H,3-4,6-7,12-13H2,1-2H3. The van der Waals surface area contributed by atoms with Crippen LogP contribution in [0.5, 0.6) is 0 Å². The number of aromatic nitrogens is 3. The number of benzene rings is 1. The second kappa shape index (κ2) is 8.31. The molecule has 29 heavy (non-hydrogen) atoms. The van der Waals surface area contributed by atoms with Gasteiger partial charge in [0.05, 0.1) is 11.7 Å². The highest BCUT2D eigenvalue weighted by atomic mass is 16.5. The second-order valence-corrected chi connectivity index (χ2v) is 8.45. The molecule has 3 aromatic rings. The van der Waals surface area contributed by atoms with E-state index in [0.29, 0.717) is 36.3 Å². The number of carbonyl (C=O) groups excluding carboxylic acids is 2. The lowest BCUT2D eigenvalue weighted by atomic mass is 9.77. The van der Waals surface area contributed by atoms with Gasteiger partial charge in [0.2, 0.25) is 0 Å². The van der Waals surface area contributed by atoms with Crippen molar-refractivity contribution < 1.29 is 14.1 Å². The summed E-state index contributed by atoms with van der Waals surface area (Å²) in [6.45, 7) is 4.22. The van der Waals surface area contributed by atoms with E-state index in [1.54, 1.807) is 6.07 Å². The molecule has 1 aromatic carbocycles. The molecule has 1 aliphatic carbocycles. The van der Waals surface area contributed by atoms with Crippen LogP contribution >= 0.6 is 0 Å². The molecule has 0 spiro atoms. The van der Waals surface area contributed by atoms with E-state index in [9.17, 15) is 9.59 Å². The Morgan fingerprint density at radius 2 is 1.97 bits per heavy atom. The van der Waals surface area contributed by atoms with Crippen LogP contribution in [-0.2, 0) is 11.2 Å². The molecule has 1 saturated carbocycles. The Balaban J connectivity index is 1.32. The predicted molar refractivity (Wildman–Crippen MR) is 110 cm³/mol. The highest BCUT2D eigenvalue weighted by Gasteiger charge is 2.28. The zero-order valence-electron chi connectivity index (χ0n) is 17.0. The maximum absolute atomic E-state index is 12.8. The number of hydrogen-bond donors (Lipinski definition) is 0. The van der Waals surface area contributed by atoms with Gasteiger partial charge in [-0.15, -0.1) is 0 Å². The topological polar surface area (TPSA) is 78.0 Å². The van der Waals surface area contributed by atoms with Crippen LogP contribution < -0.4 is 0 Å². The van der Waals surface area contributed by atoms with E-state index in [1.807, 2.05) is 16.9 Å². The molecule has 6 heteroatoms. The Morgan fingerprint density at radius 1 is 1.17 bits per heavy atom. The maximum Gasteiger partial charge on any atom is 0.184 e. The van der Waals surface area contributed by atoms with Crippen LogP contribution in [0, 0.1) is 11.8 Å². The summed E-state index contributed by atoms with van der Waals surface area (Å²) in [5.41, 5.74) is 2.56. The summed E-state index contributed by atoms with van der Waals surface area (Å²) in [5.74, 6) is 0.773. The van der Waals surface area contributed by atoms with Crippen molar-refractivity contribution in [3.05, 3.63) is 48.0 Å². The number of ketones is 2. The van der Waals surface area contributed by atoms with E-state index in [0.717, 1.165) is 42.1 Å². The third-order valence-electron chi connectivity index (χ3n) is 6.03. The number of Topliss-reactive ketones (excluding diaryl/α,β-unsaturated/α-hetero) is 2. The van der Waals surface area contributed by atoms with Crippen LogP contribution in [0.1, 0.15) is 68.0 Å². The third-order valence-corrected chi connectivity index (χ3v) is 6.03. The monoisotopic (exact) mass is 393 g/mol. The molecule has 6 nitrogen and oxygen atoms in total. The summed E-state index contributed by atoms with van der Waals surface area (Å²) in [6, 6.07) is 8.12. The van der Waals surface area contributed by atoms with Gasteiger partial charge in [-0.1, -0.05) is 11.2 Å². The molecular weight excluding hydrogens is 366 g/mol. The molecule has 1 fully saturated rings. The van der Waals surface area contributed by atoms with Crippen molar-refractivity contribution in [2.75, 3.05) is 0 Å². The summed E-state index contributed by atoms with van der Waals surface area (Å²) in [4.78, 5) is 25.0. The van der Waals surface area contributed by atoms with E-state index < -0.39 is 0 Å². The molecule has 152 valence electrons. The van der Waals surface area contributed by atoms with Gasteiger partial charge in [0, 0.05) is 36.3 Å². The van der Waals surface area contributed by atoms with E-state index in [-0.39, 0.29) is 11.7 Å². The summed E-state index contributed by atoms with van der Waals surface area (Å²) in [5, 5.41) is 9.25. The molecule has 0 aliphatic heterocycles. The molecule has 0 unspecified atom stereocenters. The van der Waals surface area contributed by atoms with Gasteiger partial charge in [-0.25, -0.2) is 0 Å². The Labute approximate surface area is 170 Å². The van der Waals surface area contributed by atoms with Gasteiger partial charge in [-0.3, -0.25) is 14.3 Å². The summed E-state index contributed by atoms with van der Waals surface area (Å²) in [6.07, 6.45) is 7.82. The molecule has 2 aromatic heterocycles. The van der Waals surface area contributed by atoms with Gasteiger partial charge in [-0.2, -0.15) is 5.10 Å². The Bertz CT molecular complexity index is 996. The lowest BCUT2D eigenvalue weighted by Gasteiger charge is -2.27. The minimum absolute atomic E-state index is 0.0313. The first kappa shape index (κ1) is 19.6. The van der Waals surface area contributed by atoms with Gasteiger partial charge < -0.3 is 4.52 Å². The van der Waals surface area contributed by atoms with Gasteiger partial charge in [0.25, 0.3) is 0 Å². The lowest BCUT2D eigenvalue weighted by molar-refractivity contribution is -0.123. The number of nitrogens with zero attached hydrogens (tertiary/aromatic N) is 3. The molecule has 4 rings (SSSR count). The van der Waals surface area contributed by atoms with Crippen LogP contribution in [-0.4, -0.2) is 26.5 Å². The van der Waals surface area contributed by atoms with Crippen LogP contribution in [0.4, 0.5) is 0 Å². The second-order valence-electron chi connectivity index (χ2n) is 8.45. The van der Waals surface area contributed by atoms with Crippen LogP contribution in [0.3, 0.4) is 0 Å². The SMILES string of the molecule is CC(C)n1ncc2cc(CC(=O)C3CCC(CC(=O)c4ccon4)CC3)ccc21. The van der Waals surface area contributed by atoms with Crippen LogP contribution in [0.15, 0.2) is 41.2 Å². The van der Waals surface area contributed by atoms with E-state index in [4.69, 9.17) is 4.52 Å². The maximum atomic E-state index is 12.8. The van der Waals surface area contributed by atoms with Gasteiger partial charge in [0.15, 0.2) is 5.78 Å². The van der Waals surface area contributed by atoms with Gasteiger partial charge >= 0.3 is 0 Å². The fourth-order valence-electron chi connectivity index (χ4n) is 4.38. The zero-order chi connectivity index (χ0) is 20.4. The van der Waals surface area contributed by atoms with Gasteiger partial charge in [-0.05, 0) is 63.1 Å². The highest BCUT2D eigenvalue weighted by Crippen LogP contribution is 2.33. The molecule has 0 N–H and O–H groups in total. The van der Waals surface area contributed by atoms with Crippen LogP contribution in [0.25, 0.3) is 10.9 Å². The molecule has 1 aliphatic rings. The summed E-state index contributed by atoms with van der Waals surface area (Å²) >= 11 is 0. The molecule has 0 amide bonds. The van der Waals surface area contributed by atoms with Gasteiger partial charge in [0.1, 0.15) is 17.7 Å². The van der Waals surface area contributed by atoms with Crippen molar-refractivity contribution in [1.82, 2.24) is 14.9 Å². The average molecular weight is 393 g/mol. The Morgan fingerprint density at radius 3 is 2.66 bits per heavy atom. The number of carbonyl (C=O) groups is 2. The van der Waals surface area contributed by atoms with Crippen molar-refractivity contribution >= 4 is 22.5 Å². The fourth-order valence-corrected chi connectivity index (χ4v) is 4.38. The minimum Gasteiger partial charge on any atom is -0.364 e. The predicted octanol–water partition coefficient (Wildman–Crippen LogP) is 4.80. The van der Waals surface area contributed by atoms with E-state index in [2.05, 4.69) is 36.2 Å². The van der Waals surface area contributed by atoms with Crippen molar-refractivity contribution in [3.8, 4) is 0 Å². The quantitative estimate of drug-likeness (QED) is 0.539. The summed E-state index contributed by atoms with van der Waals surface area (Å²) in [7, 11) is 0. The first-order chi connectivity index (χ1) is 14.0. The Kier molecular flexibility index (Phi) is 5.60. The lowest BCUT2D eigenvalue weighted by Crippen LogP contribution is -2.24. The number of rotatable bonds is 7. The van der Waals surface area contributed by atoms with E-state index in [1.165, 1.54) is 6.26 Å². The minimum atomic E-state index is 0.0313. The molecular formula is C23H27N3O3. The molecule has 0 saturated heterocycles.